The molecule has 0 unspecified atom stereocenters. The summed E-state index contributed by atoms with van der Waals surface area (Å²) in [6.45, 7) is 1.19. The van der Waals surface area contributed by atoms with Crippen molar-refractivity contribution in [2.45, 2.75) is 18.0 Å². The van der Waals surface area contributed by atoms with Crippen LogP contribution in [0.25, 0.3) is 17.1 Å². The van der Waals surface area contributed by atoms with Crippen LogP contribution in [-0.4, -0.2) is 18.0 Å². The molecule has 11 heteroatoms. The van der Waals surface area contributed by atoms with Gasteiger partial charge in [0.1, 0.15) is 17.5 Å². The number of imidazole rings is 1. The number of sulfonamides is 1. The Balaban J connectivity index is 2.22. The summed E-state index contributed by atoms with van der Waals surface area (Å²) in [7, 11) is -4.00. The van der Waals surface area contributed by atoms with Crippen molar-refractivity contribution in [3.8, 4) is 17.1 Å². The maximum Gasteiger partial charge on any atom is 0.434 e. The van der Waals surface area contributed by atoms with E-state index in [-0.39, 0.29) is 27.5 Å². The number of hydrogen-bond acceptors (Lipinski definition) is 3. The van der Waals surface area contributed by atoms with E-state index in [1.807, 2.05) is 0 Å². The van der Waals surface area contributed by atoms with Gasteiger partial charge in [-0.1, -0.05) is 0 Å². The first kappa shape index (κ1) is 20.0. The van der Waals surface area contributed by atoms with E-state index in [1.54, 1.807) is 0 Å². The van der Waals surface area contributed by atoms with Crippen LogP contribution in [-0.2, 0) is 16.2 Å². The summed E-state index contributed by atoms with van der Waals surface area (Å²) in [4.78, 5) is 3.22. The largest absolute Gasteiger partial charge is 0.434 e. The minimum absolute atomic E-state index is 0.0896. The average molecular weight is 417 g/mol. The predicted molar refractivity (Wildman–Crippen MR) is 90.0 cm³/mol. The van der Waals surface area contributed by atoms with Gasteiger partial charge in [0.15, 0.2) is 5.69 Å². The highest BCUT2D eigenvalue weighted by molar-refractivity contribution is 7.89. The van der Waals surface area contributed by atoms with Crippen LogP contribution in [0.2, 0.25) is 0 Å². The lowest BCUT2D eigenvalue weighted by Gasteiger charge is -2.10. The van der Waals surface area contributed by atoms with E-state index in [4.69, 9.17) is 5.14 Å². The van der Waals surface area contributed by atoms with Gasteiger partial charge in [-0.3, -0.25) is 4.57 Å². The van der Waals surface area contributed by atoms with Crippen LogP contribution in [0, 0.1) is 18.6 Å². The molecule has 1 heterocycles. The van der Waals surface area contributed by atoms with E-state index in [1.165, 1.54) is 19.1 Å². The first-order valence-corrected chi connectivity index (χ1v) is 9.18. The molecular weight excluding hydrogens is 405 g/mol. The Labute approximate surface area is 156 Å². The van der Waals surface area contributed by atoms with Crippen molar-refractivity contribution in [1.82, 2.24) is 9.55 Å². The fraction of sp³-hybridized carbons (Fsp3) is 0.118. The Morgan fingerprint density at radius 2 is 1.57 bits per heavy atom. The second-order valence-corrected chi connectivity index (χ2v) is 7.48. The average Bonchev–Trinajstić information content (AvgIpc) is 3.04. The van der Waals surface area contributed by atoms with E-state index in [9.17, 15) is 30.4 Å². The number of primary sulfonamides is 1. The predicted octanol–water partition coefficient (Wildman–Crippen LogP) is 3.79. The summed E-state index contributed by atoms with van der Waals surface area (Å²) in [5.41, 5.74) is -1.69. The zero-order valence-electron chi connectivity index (χ0n) is 14.1. The molecule has 0 aliphatic rings. The number of aromatic nitrogens is 2. The van der Waals surface area contributed by atoms with E-state index in [2.05, 4.69) is 4.98 Å². The van der Waals surface area contributed by atoms with Gasteiger partial charge in [0.05, 0.1) is 4.90 Å². The number of rotatable bonds is 3. The Hall–Kier alpha value is -2.79. The number of nitrogens with two attached hydrogens (primary N) is 1. The molecule has 0 fully saturated rings. The molecular formula is C17H12F5N3O2S. The van der Waals surface area contributed by atoms with Crippen LogP contribution in [0.3, 0.4) is 0 Å². The minimum Gasteiger partial charge on any atom is -0.299 e. The number of nitrogens with zero attached hydrogens (tertiary/aromatic N) is 2. The Bertz CT molecular complexity index is 1130. The molecule has 2 N–H and O–H groups in total. The lowest BCUT2D eigenvalue weighted by atomic mass is 10.1. The summed E-state index contributed by atoms with van der Waals surface area (Å²) in [6.07, 6.45) is -4.15. The highest BCUT2D eigenvalue weighted by atomic mass is 32.2. The van der Waals surface area contributed by atoms with E-state index in [0.717, 1.165) is 28.8 Å². The first-order chi connectivity index (χ1) is 12.9. The van der Waals surface area contributed by atoms with Crippen LogP contribution in [0.5, 0.6) is 0 Å². The maximum absolute atomic E-state index is 13.9. The monoisotopic (exact) mass is 417 g/mol. The van der Waals surface area contributed by atoms with Crippen LogP contribution >= 0.6 is 0 Å². The topological polar surface area (TPSA) is 78.0 Å². The van der Waals surface area contributed by atoms with Gasteiger partial charge in [-0.2, -0.15) is 13.2 Å². The number of benzene rings is 2. The summed E-state index contributed by atoms with van der Waals surface area (Å²) in [6, 6.07) is 6.33. The molecule has 0 saturated heterocycles. The number of alkyl halides is 3. The number of hydrogen-bond donors (Lipinski definition) is 1. The fourth-order valence-corrected chi connectivity index (χ4v) is 3.00. The molecule has 0 aliphatic carbocycles. The summed E-state index contributed by atoms with van der Waals surface area (Å²) in [5, 5.41) is 5.00. The van der Waals surface area contributed by atoms with Gasteiger partial charge in [0, 0.05) is 23.0 Å². The van der Waals surface area contributed by atoms with Crippen molar-refractivity contribution in [3.63, 3.8) is 0 Å². The van der Waals surface area contributed by atoms with Gasteiger partial charge in [0.25, 0.3) is 0 Å². The van der Waals surface area contributed by atoms with Gasteiger partial charge < -0.3 is 0 Å². The molecule has 0 amide bonds. The Morgan fingerprint density at radius 1 is 1.04 bits per heavy atom. The van der Waals surface area contributed by atoms with Crippen molar-refractivity contribution in [2.75, 3.05) is 0 Å². The van der Waals surface area contributed by atoms with Gasteiger partial charge in [-0.25, -0.2) is 27.3 Å². The van der Waals surface area contributed by atoms with Crippen LogP contribution in [0.15, 0.2) is 47.5 Å². The second kappa shape index (κ2) is 6.67. The zero-order valence-corrected chi connectivity index (χ0v) is 14.9. The third-order valence-electron chi connectivity index (χ3n) is 3.98. The van der Waals surface area contributed by atoms with E-state index in [0.29, 0.717) is 6.20 Å². The molecule has 28 heavy (non-hydrogen) atoms. The van der Waals surface area contributed by atoms with Gasteiger partial charge >= 0.3 is 6.18 Å². The van der Waals surface area contributed by atoms with E-state index < -0.39 is 33.5 Å². The Kier molecular flexibility index (Phi) is 4.76. The van der Waals surface area contributed by atoms with Crippen molar-refractivity contribution >= 4 is 10.0 Å². The lowest BCUT2D eigenvalue weighted by Crippen LogP contribution is -2.12. The van der Waals surface area contributed by atoms with Crippen molar-refractivity contribution in [3.05, 3.63) is 65.5 Å². The molecule has 0 atom stereocenters. The fourth-order valence-electron chi connectivity index (χ4n) is 2.49. The SMILES string of the molecule is Cc1c(F)cc(-c2nc(C(F)(F)F)cn2-c2ccc(S(N)(=O)=O)cc2)cc1F. The molecule has 5 nitrogen and oxygen atoms in total. The molecule has 0 radical (unpaired) electrons. The molecule has 1 aromatic heterocycles. The van der Waals surface area contributed by atoms with Crippen molar-refractivity contribution < 1.29 is 30.4 Å². The quantitative estimate of drug-likeness (QED) is 0.659. The van der Waals surface area contributed by atoms with Crippen LogP contribution in [0.1, 0.15) is 11.3 Å². The summed E-state index contributed by atoms with van der Waals surface area (Å²) < 4.78 is 90.9. The highest BCUT2D eigenvalue weighted by Crippen LogP contribution is 2.33. The third kappa shape index (κ3) is 3.76. The van der Waals surface area contributed by atoms with Crippen LogP contribution in [0.4, 0.5) is 22.0 Å². The highest BCUT2D eigenvalue weighted by Gasteiger charge is 2.35. The third-order valence-corrected chi connectivity index (χ3v) is 4.91. The zero-order chi connectivity index (χ0) is 20.9. The summed E-state index contributed by atoms with van der Waals surface area (Å²) >= 11 is 0. The first-order valence-electron chi connectivity index (χ1n) is 7.64. The molecule has 3 rings (SSSR count). The Morgan fingerprint density at radius 3 is 2.04 bits per heavy atom. The number of halogens is 5. The normalized spacial score (nSPS) is 12.4. The second-order valence-electron chi connectivity index (χ2n) is 5.92. The lowest BCUT2D eigenvalue weighted by molar-refractivity contribution is -0.140. The molecule has 3 aromatic rings. The van der Waals surface area contributed by atoms with Gasteiger partial charge in [0.2, 0.25) is 10.0 Å². The molecule has 0 aliphatic heterocycles. The molecule has 2 aromatic carbocycles. The molecule has 148 valence electrons. The maximum atomic E-state index is 13.9. The smallest absolute Gasteiger partial charge is 0.299 e. The van der Waals surface area contributed by atoms with Crippen molar-refractivity contribution in [1.29, 1.82) is 0 Å². The van der Waals surface area contributed by atoms with Crippen molar-refractivity contribution in [2.24, 2.45) is 5.14 Å². The van der Waals surface area contributed by atoms with Gasteiger partial charge in [-0.05, 0) is 43.3 Å². The summed E-state index contributed by atoms with van der Waals surface area (Å²) in [5.74, 6) is -2.25. The van der Waals surface area contributed by atoms with Gasteiger partial charge in [-0.15, -0.1) is 0 Å². The molecule has 0 spiro atoms. The molecule has 0 bridgehead atoms. The minimum atomic E-state index is -4.80. The molecule has 0 saturated carbocycles. The van der Waals surface area contributed by atoms with Crippen LogP contribution < -0.4 is 5.14 Å². The van der Waals surface area contributed by atoms with E-state index >= 15 is 0 Å². The standard InChI is InChI=1S/C17H12F5N3O2S/c1-9-13(18)6-10(7-14(9)19)16-24-15(17(20,21)22)8-25(16)11-2-4-12(5-3-11)28(23,26)27/h2-8H,1H3,(H2,23,26,27).